The summed E-state index contributed by atoms with van der Waals surface area (Å²) in [5.74, 6) is 0.205. The molecule has 96 valence electrons. The van der Waals surface area contributed by atoms with E-state index in [0.717, 1.165) is 6.61 Å². The SMILES string of the molecule is C=CC(c1ccccc1)C1(c2ccc(C)cc2)CO1. The first-order valence-corrected chi connectivity index (χ1v) is 6.65. The van der Waals surface area contributed by atoms with Gasteiger partial charge in [-0.15, -0.1) is 6.58 Å². The van der Waals surface area contributed by atoms with Gasteiger partial charge in [-0.3, -0.25) is 0 Å². The normalized spacial score (nSPS) is 22.8. The molecule has 3 rings (SSSR count). The number of ether oxygens (including phenoxy) is 1. The van der Waals surface area contributed by atoms with Crippen LogP contribution >= 0.6 is 0 Å². The molecule has 2 aromatic carbocycles. The molecule has 1 nitrogen and oxygen atoms in total. The molecule has 0 radical (unpaired) electrons. The van der Waals surface area contributed by atoms with Crippen LogP contribution in [0.2, 0.25) is 0 Å². The van der Waals surface area contributed by atoms with Crippen LogP contribution in [0.25, 0.3) is 0 Å². The molecule has 2 atom stereocenters. The number of aryl methyl sites for hydroxylation is 1. The molecule has 1 aliphatic rings. The summed E-state index contributed by atoms with van der Waals surface area (Å²) >= 11 is 0. The lowest BCUT2D eigenvalue weighted by Gasteiger charge is -2.22. The highest BCUT2D eigenvalue weighted by Crippen LogP contribution is 2.50. The molecule has 0 saturated carbocycles. The van der Waals surface area contributed by atoms with E-state index in [-0.39, 0.29) is 11.5 Å². The van der Waals surface area contributed by atoms with Gasteiger partial charge in [0.25, 0.3) is 0 Å². The second-order valence-corrected chi connectivity index (χ2v) is 5.17. The fourth-order valence-corrected chi connectivity index (χ4v) is 2.70. The van der Waals surface area contributed by atoms with Crippen LogP contribution in [0.3, 0.4) is 0 Å². The van der Waals surface area contributed by atoms with Crippen molar-refractivity contribution in [3.63, 3.8) is 0 Å². The Hall–Kier alpha value is -1.86. The minimum absolute atomic E-state index is 0.205. The van der Waals surface area contributed by atoms with E-state index in [4.69, 9.17) is 4.74 Å². The molecule has 1 heterocycles. The Bertz CT molecular complexity index is 564. The molecule has 1 aliphatic heterocycles. The molecule has 0 aliphatic carbocycles. The smallest absolute Gasteiger partial charge is 0.127 e. The largest absolute Gasteiger partial charge is 0.363 e. The van der Waals surface area contributed by atoms with Crippen LogP contribution in [0.4, 0.5) is 0 Å². The van der Waals surface area contributed by atoms with Crippen LogP contribution in [0.15, 0.2) is 67.3 Å². The third-order valence-electron chi connectivity index (χ3n) is 3.89. The van der Waals surface area contributed by atoms with E-state index in [9.17, 15) is 0 Å². The average molecular weight is 250 g/mol. The van der Waals surface area contributed by atoms with E-state index in [1.54, 1.807) is 0 Å². The van der Waals surface area contributed by atoms with E-state index < -0.39 is 0 Å². The molecule has 2 aromatic rings. The minimum Gasteiger partial charge on any atom is -0.363 e. The van der Waals surface area contributed by atoms with Crippen molar-refractivity contribution in [1.29, 1.82) is 0 Å². The van der Waals surface area contributed by atoms with E-state index in [1.165, 1.54) is 16.7 Å². The van der Waals surface area contributed by atoms with E-state index in [0.29, 0.717) is 0 Å². The Kier molecular flexibility index (Phi) is 3.00. The first-order valence-electron chi connectivity index (χ1n) is 6.65. The summed E-state index contributed by atoms with van der Waals surface area (Å²) in [5.41, 5.74) is 3.56. The summed E-state index contributed by atoms with van der Waals surface area (Å²) in [5, 5.41) is 0. The maximum Gasteiger partial charge on any atom is 0.127 e. The van der Waals surface area contributed by atoms with Crippen LogP contribution < -0.4 is 0 Å². The van der Waals surface area contributed by atoms with Crippen molar-refractivity contribution in [2.24, 2.45) is 0 Å². The zero-order chi connectivity index (χ0) is 13.3. The number of epoxide rings is 1. The van der Waals surface area contributed by atoms with Gasteiger partial charge in [-0.2, -0.15) is 0 Å². The fraction of sp³-hybridized carbons (Fsp3) is 0.222. The summed E-state index contributed by atoms with van der Waals surface area (Å²) in [6, 6.07) is 19.1. The van der Waals surface area contributed by atoms with Gasteiger partial charge in [-0.05, 0) is 18.1 Å². The minimum atomic E-state index is -0.212. The highest BCUT2D eigenvalue weighted by atomic mass is 16.6. The van der Waals surface area contributed by atoms with Gasteiger partial charge in [0.05, 0.1) is 6.61 Å². The topological polar surface area (TPSA) is 12.5 Å². The van der Waals surface area contributed by atoms with Crippen molar-refractivity contribution in [3.05, 3.63) is 83.9 Å². The summed E-state index contributed by atoms with van der Waals surface area (Å²) in [6.07, 6.45) is 2.00. The lowest BCUT2D eigenvalue weighted by Crippen LogP contribution is -2.18. The molecule has 19 heavy (non-hydrogen) atoms. The number of hydrogen-bond acceptors (Lipinski definition) is 1. The first-order chi connectivity index (χ1) is 9.26. The van der Waals surface area contributed by atoms with Crippen LogP contribution in [0.5, 0.6) is 0 Å². The van der Waals surface area contributed by atoms with Crippen molar-refractivity contribution in [1.82, 2.24) is 0 Å². The fourth-order valence-electron chi connectivity index (χ4n) is 2.70. The summed E-state index contributed by atoms with van der Waals surface area (Å²) in [7, 11) is 0. The zero-order valence-electron chi connectivity index (χ0n) is 11.2. The summed E-state index contributed by atoms with van der Waals surface area (Å²) in [6.45, 7) is 6.88. The predicted molar refractivity (Wildman–Crippen MR) is 78.2 cm³/mol. The molecule has 0 aromatic heterocycles. The quantitative estimate of drug-likeness (QED) is 0.585. The van der Waals surface area contributed by atoms with E-state index >= 15 is 0 Å². The Morgan fingerprint density at radius 2 is 1.74 bits per heavy atom. The van der Waals surface area contributed by atoms with Gasteiger partial charge < -0.3 is 4.74 Å². The van der Waals surface area contributed by atoms with Gasteiger partial charge >= 0.3 is 0 Å². The van der Waals surface area contributed by atoms with Crippen molar-refractivity contribution >= 4 is 0 Å². The van der Waals surface area contributed by atoms with Gasteiger partial charge in [0, 0.05) is 5.92 Å². The monoisotopic (exact) mass is 250 g/mol. The molecule has 0 N–H and O–H groups in total. The second-order valence-electron chi connectivity index (χ2n) is 5.17. The van der Waals surface area contributed by atoms with Crippen molar-refractivity contribution < 1.29 is 4.74 Å². The molecule has 0 spiro atoms. The number of rotatable bonds is 4. The second kappa shape index (κ2) is 4.67. The highest BCUT2D eigenvalue weighted by molar-refractivity contribution is 5.39. The predicted octanol–water partition coefficient (Wildman–Crippen LogP) is 4.19. The van der Waals surface area contributed by atoms with Crippen LogP contribution in [0.1, 0.15) is 22.6 Å². The molecule has 0 amide bonds. The van der Waals surface area contributed by atoms with Crippen LogP contribution in [-0.4, -0.2) is 6.61 Å². The van der Waals surface area contributed by atoms with Crippen molar-refractivity contribution in [2.75, 3.05) is 6.61 Å². The van der Waals surface area contributed by atoms with Gasteiger partial charge in [-0.25, -0.2) is 0 Å². The van der Waals surface area contributed by atoms with Gasteiger partial charge in [0.15, 0.2) is 0 Å². The molecular weight excluding hydrogens is 232 g/mol. The highest BCUT2D eigenvalue weighted by Gasteiger charge is 2.52. The lowest BCUT2D eigenvalue weighted by atomic mass is 9.81. The Balaban J connectivity index is 1.99. The third kappa shape index (κ3) is 2.11. The molecule has 1 saturated heterocycles. The molecule has 0 bridgehead atoms. The Morgan fingerprint density at radius 3 is 2.26 bits per heavy atom. The molecule has 2 unspecified atom stereocenters. The maximum absolute atomic E-state index is 5.86. The zero-order valence-corrected chi connectivity index (χ0v) is 11.2. The Morgan fingerprint density at radius 1 is 1.11 bits per heavy atom. The Labute approximate surface area is 114 Å². The standard InChI is InChI=1S/C18H18O/c1-3-17(15-7-5-4-6-8-15)18(13-19-18)16-11-9-14(2)10-12-16/h3-12,17H,1,13H2,2H3. The third-order valence-corrected chi connectivity index (χ3v) is 3.89. The van der Waals surface area contributed by atoms with E-state index in [2.05, 4.69) is 62.0 Å². The number of benzene rings is 2. The van der Waals surface area contributed by atoms with Gasteiger partial charge in [0.1, 0.15) is 5.60 Å². The lowest BCUT2D eigenvalue weighted by molar-refractivity contribution is 0.287. The summed E-state index contributed by atoms with van der Waals surface area (Å²) in [4.78, 5) is 0. The summed E-state index contributed by atoms with van der Waals surface area (Å²) < 4.78 is 5.86. The van der Waals surface area contributed by atoms with Crippen LogP contribution in [0, 0.1) is 6.92 Å². The molecule has 1 fully saturated rings. The molecule has 1 heteroatoms. The number of hydrogen-bond donors (Lipinski definition) is 0. The first kappa shape index (κ1) is 12.2. The van der Waals surface area contributed by atoms with Crippen LogP contribution in [-0.2, 0) is 10.3 Å². The molecular formula is C18H18O. The van der Waals surface area contributed by atoms with Crippen molar-refractivity contribution in [2.45, 2.75) is 18.4 Å². The van der Waals surface area contributed by atoms with Gasteiger partial charge in [-0.1, -0.05) is 66.2 Å². The van der Waals surface area contributed by atoms with E-state index in [1.807, 2.05) is 12.1 Å². The van der Waals surface area contributed by atoms with Crippen molar-refractivity contribution in [3.8, 4) is 0 Å². The average Bonchev–Trinajstić information content (AvgIpc) is 3.23. The maximum atomic E-state index is 5.86. The van der Waals surface area contributed by atoms with Gasteiger partial charge in [0.2, 0.25) is 0 Å².